The molecule has 2 aromatic heterocycles. The van der Waals surface area contributed by atoms with Gasteiger partial charge < -0.3 is 19.8 Å². The number of rotatable bonds is 6. The number of aromatic amines is 1. The zero-order valence-corrected chi connectivity index (χ0v) is 16.2. The van der Waals surface area contributed by atoms with E-state index in [4.69, 9.17) is 9.47 Å². The number of anilines is 1. The number of H-pyrrole nitrogens is 1. The first-order chi connectivity index (χ1) is 13.7. The fraction of sp³-hybridized carbons (Fsp3) is 0.150. The average Bonchev–Trinajstić information content (AvgIpc) is 3.11. The van der Waals surface area contributed by atoms with Gasteiger partial charge in [0.1, 0.15) is 16.9 Å². The molecule has 0 bridgehead atoms. The number of nitrogens with one attached hydrogen (secondary N) is 2. The van der Waals surface area contributed by atoms with Gasteiger partial charge in [-0.05, 0) is 18.2 Å². The molecule has 8 heteroatoms. The Balaban J connectivity index is 1.49. The molecule has 2 heterocycles. The quantitative estimate of drug-likeness (QED) is 0.381. The lowest BCUT2D eigenvalue weighted by atomic mass is 10.2. The molecule has 0 radical (unpaired) electrons. The van der Waals surface area contributed by atoms with Crippen LogP contribution in [0.2, 0.25) is 0 Å². The van der Waals surface area contributed by atoms with Crippen LogP contribution >= 0.6 is 11.8 Å². The van der Waals surface area contributed by atoms with Gasteiger partial charge >= 0.3 is 0 Å². The van der Waals surface area contributed by atoms with E-state index in [1.807, 2.05) is 24.3 Å². The second kappa shape index (κ2) is 7.77. The van der Waals surface area contributed by atoms with Gasteiger partial charge in [-0.15, -0.1) is 0 Å². The highest BCUT2D eigenvalue weighted by Gasteiger charge is 2.13. The summed E-state index contributed by atoms with van der Waals surface area (Å²) in [7, 11) is 3.12. The highest BCUT2D eigenvalue weighted by Crippen LogP contribution is 2.31. The minimum Gasteiger partial charge on any atom is -0.493 e. The molecule has 0 atom stereocenters. The summed E-state index contributed by atoms with van der Waals surface area (Å²) in [5.41, 5.74) is 3.33. The van der Waals surface area contributed by atoms with E-state index in [0.29, 0.717) is 17.2 Å². The molecular weight excluding hydrogens is 376 g/mol. The number of thioether (sulfide) groups is 1. The van der Waals surface area contributed by atoms with E-state index in [2.05, 4.69) is 20.3 Å². The normalized spacial score (nSPS) is 10.9. The van der Waals surface area contributed by atoms with Crippen LogP contribution in [-0.4, -0.2) is 40.8 Å². The van der Waals surface area contributed by atoms with Gasteiger partial charge in [-0.1, -0.05) is 30.0 Å². The van der Waals surface area contributed by atoms with E-state index in [0.717, 1.165) is 27.0 Å². The van der Waals surface area contributed by atoms with Crippen molar-refractivity contribution in [1.82, 2.24) is 15.0 Å². The van der Waals surface area contributed by atoms with Gasteiger partial charge in [0.15, 0.2) is 11.5 Å². The van der Waals surface area contributed by atoms with Crippen molar-refractivity contribution in [3.8, 4) is 11.5 Å². The zero-order chi connectivity index (χ0) is 19.5. The second-order valence-electron chi connectivity index (χ2n) is 5.98. The molecule has 0 aliphatic rings. The Morgan fingerprint density at radius 3 is 2.75 bits per heavy atom. The van der Waals surface area contributed by atoms with E-state index in [1.54, 1.807) is 32.4 Å². The maximum absolute atomic E-state index is 12.4. The van der Waals surface area contributed by atoms with Crippen molar-refractivity contribution < 1.29 is 14.3 Å². The van der Waals surface area contributed by atoms with E-state index in [9.17, 15) is 4.79 Å². The topological polar surface area (TPSA) is 89.1 Å². The lowest BCUT2D eigenvalue weighted by molar-refractivity contribution is -0.113. The van der Waals surface area contributed by atoms with Crippen LogP contribution in [0.1, 0.15) is 0 Å². The number of nitrogens with zero attached hydrogens (tertiary/aromatic N) is 2. The first-order valence-electron chi connectivity index (χ1n) is 8.55. The van der Waals surface area contributed by atoms with E-state index < -0.39 is 0 Å². The SMILES string of the molecule is COc1ccc(NC(=O)CSc2ncnc3c2[nH]c2ccccc23)cc1OC. The largest absolute Gasteiger partial charge is 0.493 e. The lowest BCUT2D eigenvalue weighted by Crippen LogP contribution is -2.14. The van der Waals surface area contributed by atoms with Gasteiger partial charge in [-0.2, -0.15) is 0 Å². The van der Waals surface area contributed by atoms with Crippen LogP contribution in [0.25, 0.3) is 21.9 Å². The number of aromatic nitrogens is 3. The van der Waals surface area contributed by atoms with Gasteiger partial charge in [0.2, 0.25) is 5.91 Å². The number of methoxy groups -OCH3 is 2. The number of carbonyl (C=O) groups excluding carboxylic acids is 1. The molecule has 2 N–H and O–H groups in total. The number of para-hydroxylation sites is 1. The zero-order valence-electron chi connectivity index (χ0n) is 15.4. The lowest BCUT2D eigenvalue weighted by Gasteiger charge is -2.10. The van der Waals surface area contributed by atoms with Crippen molar-refractivity contribution in [1.29, 1.82) is 0 Å². The third-order valence-electron chi connectivity index (χ3n) is 4.26. The molecule has 0 unspecified atom stereocenters. The standard InChI is InChI=1S/C20H18N4O3S/c1-26-15-8-7-12(9-16(15)27-2)23-17(25)10-28-20-19-18(21-11-22-20)13-5-3-4-6-14(13)24-19/h3-9,11,24H,10H2,1-2H3,(H,23,25). The predicted molar refractivity (Wildman–Crippen MR) is 110 cm³/mol. The number of ether oxygens (including phenoxy) is 2. The van der Waals surface area contributed by atoms with Crippen LogP contribution in [0.5, 0.6) is 11.5 Å². The molecule has 0 saturated carbocycles. The number of hydrogen-bond donors (Lipinski definition) is 2. The van der Waals surface area contributed by atoms with Gasteiger partial charge in [-0.25, -0.2) is 9.97 Å². The summed E-state index contributed by atoms with van der Waals surface area (Å²) in [6, 6.07) is 13.2. The molecule has 142 valence electrons. The predicted octanol–water partition coefficient (Wildman–Crippen LogP) is 3.86. The monoisotopic (exact) mass is 394 g/mol. The maximum Gasteiger partial charge on any atom is 0.234 e. The molecule has 28 heavy (non-hydrogen) atoms. The molecule has 4 aromatic rings. The highest BCUT2D eigenvalue weighted by atomic mass is 32.2. The van der Waals surface area contributed by atoms with Gasteiger partial charge in [-0.3, -0.25) is 4.79 Å². The first kappa shape index (κ1) is 18.1. The Hall–Kier alpha value is -3.26. The molecule has 0 aliphatic carbocycles. The van der Waals surface area contributed by atoms with E-state index in [1.165, 1.54) is 18.1 Å². The summed E-state index contributed by atoms with van der Waals surface area (Å²) in [4.78, 5) is 24.4. The van der Waals surface area contributed by atoms with Crippen molar-refractivity contribution in [3.05, 3.63) is 48.8 Å². The Kier molecular flexibility index (Phi) is 5.03. The highest BCUT2D eigenvalue weighted by molar-refractivity contribution is 8.00. The van der Waals surface area contributed by atoms with Crippen LogP contribution in [0.3, 0.4) is 0 Å². The van der Waals surface area contributed by atoms with Crippen molar-refractivity contribution >= 4 is 45.3 Å². The molecule has 0 saturated heterocycles. The van der Waals surface area contributed by atoms with Crippen LogP contribution in [0.15, 0.2) is 53.8 Å². The van der Waals surface area contributed by atoms with Crippen molar-refractivity contribution in [2.24, 2.45) is 0 Å². The summed E-state index contributed by atoms with van der Waals surface area (Å²) in [5.74, 6) is 1.25. The minimum absolute atomic E-state index is 0.139. The van der Waals surface area contributed by atoms with Gasteiger partial charge in [0.25, 0.3) is 0 Å². The molecule has 0 aliphatic heterocycles. The fourth-order valence-electron chi connectivity index (χ4n) is 2.97. The molecule has 0 fully saturated rings. The summed E-state index contributed by atoms with van der Waals surface area (Å²) < 4.78 is 10.5. The van der Waals surface area contributed by atoms with Crippen molar-refractivity contribution in [2.45, 2.75) is 5.03 Å². The second-order valence-corrected chi connectivity index (χ2v) is 6.94. The summed E-state index contributed by atoms with van der Waals surface area (Å²) >= 11 is 1.36. The third kappa shape index (κ3) is 3.46. The minimum atomic E-state index is -0.139. The van der Waals surface area contributed by atoms with Crippen LogP contribution < -0.4 is 14.8 Å². The number of hydrogen-bond acceptors (Lipinski definition) is 6. The Bertz CT molecular complexity index is 1160. The summed E-state index contributed by atoms with van der Waals surface area (Å²) in [5, 5.41) is 4.64. The maximum atomic E-state index is 12.4. The molecule has 1 amide bonds. The van der Waals surface area contributed by atoms with Crippen molar-refractivity contribution in [3.63, 3.8) is 0 Å². The van der Waals surface area contributed by atoms with Crippen molar-refractivity contribution in [2.75, 3.05) is 25.3 Å². The number of carbonyl (C=O) groups is 1. The summed E-state index contributed by atoms with van der Waals surface area (Å²) in [6.45, 7) is 0. The average molecular weight is 394 g/mol. The first-order valence-corrected chi connectivity index (χ1v) is 9.54. The summed E-state index contributed by atoms with van der Waals surface area (Å²) in [6.07, 6.45) is 1.52. The Morgan fingerprint density at radius 1 is 1.11 bits per heavy atom. The number of benzene rings is 2. The Labute approximate surface area is 165 Å². The van der Waals surface area contributed by atoms with Crippen LogP contribution in [0.4, 0.5) is 5.69 Å². The third-order valence-corrected chi connectivity index (χ3v) is 5.25. The Morgan fingerprint density at radius 2 is 1.93 bits per heavy atom. The molecule has 2 aromatic carbocycles. The molecule has 0 spiro atoms. The van der Waals surface area contributed by atoms with Crippen LogP contribution in [0, 0.1) is 0 Å². The van der Waals surface area contributed by atoms with E-state index >= 15 is 0 Å². The molecule has 4 rings (SSSR count). The van der Waals surface area contributed by atoms with E-state index in [-0.39, 0.29) is 11.7 Å². The molecule has 7 nitrogen and oxygen atoms in total. The number of amides is 1. The van der Waals surface area contributed by atoms with Gasteiger partial charge in [0, 0.05) is 22.7 Å². The smallest absolute Gasteiger partial charge is 0.234 e. The fourth-order valence-corrected chi connectivity index (χ4v) is 3.73. The van der Waals surface area contributed by atoms with Gasteiger partial charge in [0.05, 0.1) is 25.5 Å². The van der Waals surface area contributed by atoms with Crippen LogP contribution in [-0.2, 0) is 4.79 Å². The number of fused-ring (bicyclic) bond motifs is 3. The molecular formula is C20H18N4O3S.